The van der Waals surface area contributed by atoms with Crippen molar-refractivity contribution in [2.75, 3.05) is 32.4 Å². The molecule has 0 radical (unpaired) electrons. The van der Waals surface area contributed by atoms with Crippen molar-refractivity contribution in [3.8, 4) is 11.5 Å². The van der Waals surface area contributed by atoms with Crippen LogP contribution >= 0.6 is 0 Å². The molecular formula is C19H28N2O7S. The van der Waals surface area contributed by atoms with Crippen LogP contribution in [0.4, 0.5) is 5.69 Å². The van der Waals surface area contributed by atoms with Gasteiger partial charge in [-0.3, -0.25) is 4.79 Å². The molecule has 1 fully saturated rings. The lowest BCUT2D eigenvalue weighted by Crippen LogP contribution is -2.40. The molecule has 1 aromatic rings. The smallest absolute Gasteiger partial charge is 0.340 e. The number of nitrogens with one attached hydrogen (secondary N) is 2. The van der Waals surface area contributed by atoms with Crippen LogP contribution in [-0.2, 0) is 19.6 Å². The van der Waals surface area contributed by atoms with Crippen LogP contribution in [-0.4, -0.2) is 53.4 Å². The van der Waals surface area contributed by atoms with Gasteiger partial charge in [-0.05, 0) is 32.6 Å². The van der Waals surface area contributed by atoms with E-state index in [9.17, 15) is 18.0 Å². The first-order valence-corrected chi connectivity index (χ1v) is 11.0. The fourth-order valence-corrected chi connectivity index (χ4v) is 4.22. The number of benzene rings is 1. The molecule has 1 aromatic carbocycles. The van der Waals surface area contributed by atoms with Crippen molar-refractivity contribution in [3.63, 3.8) is 0 Å². The molecule has 1 aliphatic rings. The number of rotatable bonds is 8. The van der Waals surface area contributed by atoms with E-state index >= 15 is 0 Å². The SMILES string of the molecule is CCS(=O)(=O)N[C@H]1CC[C@H](C(=O)Nc2cc(OC)c(OC)cc2C(=O)OC)CC1. The third-order valence-electron chi connectivity index (χ3n) is 5.01. The minimum Gasteiger partial charge on any atom is -0.493 e. The largest absolute Gasteiger partial charge is 0.493 e. The van der Waals surface area contributed by atoms with Gasteiger partial charge in [0.05, 0.1) is 38.3 Å². The summed E-state index contributed by atoms with van der Waals surface area (Å²) in [7, 11) is 0.893. The summed E-state index contributed by atoms with van der Waals surface area (Å²) in [4.78, 5) is 24.9. The van der Waals surface area contributed by atoms with Crippen molar-refractivity contribution in [3.05, 3.63) is 17.7 Å². The molecule has 0 unspecified atom stereocenters. The maximum Gasteiger partial charge on any atom is 0.340 e. The Morgan fingerprint density at radius 1 is 1.03 bits per heavy atom. The van der Waals surface area contributed by atoms with Gasteiger partial charge in [-0.15, -0.1) is 0 Å². The lowest BCUT2D eigenvalue weighted by molar-refractivity contribution is -0.120. The summed E-state index contributed by atoms with van der Waals surface area (Å²) in [6, 6.07) is 2.82. The number of amides is 1. The number of carbonyl (C=O) groups excluding carboxylic acids is 2. The molecule has 10 heteroatoms. The van der Waals surface area contributed by atoms with Gasteiger partial charge in [0.25, 0.3) is 0 Å². The Bertz CT molecular complexity index is 846. The molecule has 0 atom stereocenters. The van der Waals surface area contributed by atoms with Crippen LogP contribution in [0.3, 0.4) is 0 Å². The predicted molar refractivity (Wildman–Crippen MR) is 108 cm³/mol. The zero-order chi connectivity index (χ0) is 21.6. The zero-order valence-corrected chi connectivity index (χ0v) is 17.9. The highest BCUT2D eigenvalue weighted by Gasteiger charge is 2.29. The lowest BCUT2D eigenvalue weighted by atomic mass is 9.86. The maximum atomic E-state index is 12.8. The predicted octanol–water partition coefficient (Wildman–Crippen LogP) is 1.93. The standard InChI is InChI=1S/C19H28N2O7S/c1-5-29(24,25)21-13-8-6-12(7-9-13)18(22)20-15-11-17(27-3)16(26-2)10-14(15)19(23)28-4/h10-13,21H,5-9H2,1-4H3,(H,20,22)/t12-,13-. The first-order valence-electron chi connectivity index (χ1n) is 9.39. The third-order valence-corrected chi connectivity index (χ3v) is 6.46. The summed E-state index contributed by atoms with van der Waals surface area (Å²) >= 11 is 0. The van der Waals surface area contributed by atoms with Crippen molar-refractivity contribution in [1.82, 2.24) is 4.72 Å². The van der Waals surface area contributed by atoms with Gasteiger partial charge >= 0.3 is 5.97 Å². The second-order valence-electron chi connectivity index (χ2n) is 6.80. The average Bonchev–Trinajstić information content (AvgIpc) is 2.72. The van der Waals surface area contributed by atoms with E-state index in [4.69, 9.17) is 14.2 Å². The number of sulfonamides is 1. The molecule has 1 saturated carbocycles. The molecule has 0 heterocycles. The minimum atomic E-state index is -3.27. The number of methoxy groups -OCH3 is 3. The van der Waals surface area contributed by atoms with E-state index in [1.807, 2.05) is 0 Å². The van der Waals surface area contributed by atoms with Gasteiger partial charge in [0.2, 0.25) is 15.9 Å². The van der Waals surface area contributed by atoms with E-state index in [0.717, 1.165) is 0 Å². The molecular weight excluding hydrogens is 400 g/mol. The van der Waals surface area contributed by atoms with Crippen molar-refractivity contribution in [2.45, 2.75) is 38.6 Å². The summed E-state index contributed by atoms with van der Waals surface area (Å²) in [6.45, 7) is 1.59. The summed E-state index contributed by atoms with van der Waals surface area (Å²) in [6.07, 6.45) is 2.24. The highest BCUT2D eigenvalue weighted by molar-refractivity contribution is 7.89. The van der Waals surface area contributed by atoms with Crippen LogP contribution in [0.2, 0.25) is 0 Å². The normalized spacial score (nSPS) is 19.3. The molecule has 0 saturated heterocycles. The van der Waals surface area contributed by atoms with Crippen LogP contribution < -0.4 is 19.5 Å². The second kappa shape index (κ2) is 9.93. The molecule has 2 rings (SSSR count). The summed E-state index contributed by atoms with van der Waals surface area (Å²) < 4.78 is 41.3. The average molecular weight is 429 g/mol. The summed E-state index contributed by atoms with van der Waals surface area (Å²) in [5, 5.41) is 2.78. The van der Waals surface area contributed by atoms with Gasteiger partial charge in [0, 0.05) is 24.1 Å². The number of esters is 1. The van der Waals surface area contributed by atoms with Crippen LogP contribution in [0, 0.1) is 5.92 Å². The maximum absolute atomic E-state index is 12.8. The zero-order valence-electron chi connectivity index (χ0n) is 17.1. The fraction of sp³-hybridized carbons (Fsp3) is 0.579. The number of hydrogen-bond donors (Lipinski definition) is 2. The Kier molecular flexibility index (Phi) is 7.86. The molecule has 0 bridgehead atoms. The van der Waals surface area contributed by atoms with Gasteiger partial charge in [0.1, 0.15) is 0 Å². The first kappa shape index (κ1) is 23.0. The van der Waals surface area contributed by atoms with E-state index in [2.05, 4.69) is 10.0 Å². The number of anilines is 1. The van der Waals surface area contributed by atoms with Gasteiger partial charge in [-0.1, -0.05) is 0 Å². The third kappa shape index (κ3) is 5.83. The van der Waals surface area contributed by atoms with Crippen molar-refractivity contribution in [2.24, 2.45) is 5.92 Å². The highest BCUT2D eigenvalue weighted by Crippen LogP contribution is 2.34. The Morgan fingerprint density at radius 3 is 2.14 bits per heavy atom. The van der Waals surface area contributed by atoms with Crippen molar-refractivity contribution in [1.29, 1.82) is 0 Å². The Hall–Kier alpha value is -2.33. The van der Waals surface area contributed by atoms with Gasteiger partial charge < -0.3 is 19.5 Å². The topological polar surface area (TPSA) is 120 Å². The molecule has 2 N–H and O–H groups in total. The van der Waals surface area contributed by atoms with Gasteiger partial charge in [-0.2, -0.15) is 0 Å². The number of carbonyl (C=O) groups is 2. The van der Waals surface area contributed by atoms with Gasteiger partial charge in [-0.25, -0.2) is 17.9 Å². The highest BCUT2D eigenvalue weighted by atomic mass is 32.2. The molecule has 162 valence electrons. The van der Waals surface area contributed by atoms with Crippen molar-refractivity contribution >= 4 is 27.6 Å². The molecule has 0 aliphatic heterocycles. The van der Waals surface area contributed by atoms with E-state index in [1.54, 1.807) is 6.92 Å². The molecule has 0 spiro atoms. The van der Waals surface area contributed by atoms with E-state index < -0.39 is 16.0 Å². The first-order chi connectivity index (χ1) is 13.7. The Morgan fingerprint density at radius 2 is 1.62 bits per heavy atom. The van der Waals surface area contributed by atoms with E-state index in [0.29, 0.717) is 37.2 Å². The van der Waals surface area contributed by atoms with Crippen LogP contribution in [0.1, 0.15) is 43.0 Å². The van der Waals surface area contributed by atoms with Crippen LogP contribution in [0.5, 0.6) is 11.5 Å². The van der Waals surface area contributed by atoms with E-state index in [1.165, 1.54) is 33.5 Å². The van der Waals surface area contributed by atoms with Crippen LogP contribution in [0.25, 0.3) is 0 Å². The Labute approximate surface area is 171 Å². The fourth-order valence-electron chi connectivity index (χ4n) is 3.31. The van der Waals surface area contributed by atoms with Gasteiger partial charge in [0.15, 0.2) is 11.5 Å². The minimum absolute atomic E-state index is 0.0308. The quantitative estimate of drug-likeness (QED) is 0.607. The second-order valence-corrected chi connectivity index (χ2v) is 8.85. The molecule has 1 aliphatic carbocycles. The Balaban J connectivity index is 2.11. The summed E-state index contributed by atoms with van der Waals surface area (Å²) in [5.74, 6) is -0.389. The van der Waals surface area contributed by atoms with Crippen molar-refractivity contribution < 1.29 is 32.2 Å². The molecule has 9 nitrogen and oxygen atoms in total. The monoisotopic (exact) mass is 428 g/mol. The van der Waals surface area contributed by atoms with Crippen LogP contribution in [0.15, 0.2) is 12.1 Å². The summed E-state index contributed by atoms with van der Waals surface area (Å²) in [5.41, 5.74) is 0.427. The number of ether oxygens (including phenoxy) is 3. The number of hydrogen-bond acceptors (Lipinski definition) is 7. The lowest BCUT2D eigenvalue weighted by Gasteiger charge is -2.28. The molecule has 1 amide bonds. The molecule has 0 aromatic heterocycles. The van der Waals surface area contributed by atoms with E-state index in [-0.39, 0.29) is 34.9 Å². The molecule has 29 heavy (non-hydrogen) atoms.